The first kappa shape index (κ1) is 26.3. The van der Waals surface area contributed by atoms with Crippen molar-refractivity contribution in [1.82, 2.24) is 25.7 Å². The van der Waals surface area contributed by atoms with Gasteiger partial charge in [-0.2, -0.15) is 4.98 Å². The normalized spacial score (nSPS) is 15.2. The van der Waals surface area contributed by atoms with E-state index >= 15 is 0 Å². The van der Waals surface area contributed by atoms with Gasteiger partial charge >= 0.3 is 0 Å². The lowest BCUT2D eigenvalue weighted by molar-refractivity contribution is -0.136. The molecule has 0 bridgehead atoms. The topological polar surface area (TPSA) is 117 Å². The van der Waals surface area contributed by atoms with E-state index in [1.807, 2.05) is 0 Å². The molecule has 9 nitrogen and oxygen atoms in total. The summed E-state index contributed by atoms with van der Waals surface area (Å²) in [7, 11) is 0. The summed E-state index contributed by atoms with van der Waals surface area (Å²) in [5.74, 6) is -0.172. The lowest BCUT2D eigenvalue weighted by atomic mass is 9.89. The maximum Gasteiger partial charge on any atom is 0.239 e. The van der Waals surface area contributed by atoms with Crippen molar-refractivity contribution >= 4 is 17.7 Å². The highest BCUT2D eigenvalue weighted by molar-refractivity contribution is 5.84. The van der Waals surface area contributed by atoms with Gasteiger partial charge in [0, 0.05) is 32.9 Å². The van der Waals surface area contributed by atoms with Gasteiger partial charge in [-0.25, -0.2) is 4.39 Å². The molecule has 3 amide bonds. The highest BCUT2D eigenvalue weighted by atomic mass is 19.1. The van der Waals surface area contributed by atoms with Gasteiger partial charge in [-0.15, -0.1) is 0 Å². The molecule has 2 aromatic rings. The number of amides is 3. The van der Waals surface area contributed by atoms with Crippen LogP contribution in [0.3, 0.4) is 0 Å². The SMILES string of the molecule is CCN(CC(=O)NCc1ccc(F)cc1)C(=O)CCc1nc(C2(NC(C)=O)CCCCCC2)no1. The Morgan fingerprint density at radius 3 is 2.43 bits per heavy atom. The Kier molecular flexibility index (Phi) is 9.33. The number of carbonyl (C=O) groups is 3. The van der Waals surface area contributed by atoms with Crippen LogP contribution in [0, 0.1) is 5.82 Å². The third-order valence-corrected chi connectivity index (χ3v) is 6.29. The molecule has 1 saturated carbocycles. The molecule has 3 rings (SSSR count). The van der Waals surface area contributed by atoms with Crippen LogP contribution in [0.25, 0.3) is 0 Å². The van der Waals surface area contributed by atoms with E-state index in [9.17, 15) is 18.8 Å². The number of carbonyl (C=O) groups excluding carboxylic acids is 3. The molecule has 35 heavy (non-hydrogen) atoms. The molecule has 10 heteroatoms. The fourth-order valence-electron chi connectivity index (χ4n) is 4.40. The van der Waals surface area contributed by atoms with Crippen LogP contribution >= 0.6 is 0 Å². The summed E-state index contributed by atoms with van der Waals surface area (Å²) >= 11 is 0. The number of benzene rings is 1. The molecule has 1 aliphatic carbocycles. The molecule has 1 aromatic heterocycles. The van der Waals surface area contributed by atoms with Gasteiger partial charge in [-0.05, 0) is 37.5 Å². The highest BCUT2D eigenvalue weighted by Gasteiger charge is 2.38. The first-order valence-corrected chi connectivity index (χ1v) is 12.2. The van der Waals surface area contributed by atoms with Crippen molar-refractivity contribution in [3.05, 3.63) is 47.4 Å². The molecule has 0 atom stereocenters. The second kappa shape index (κ2) is 12.4. The molecule has 190 valence electrons. The average Bonchev–Trinajstić information content (AvgIpc) is 3.20. The molecule has 1 heterocycles. The number of halogens is 1. The highest BCUT2D eigenvalue weighted by Crippen LogP contribution is 2.34. The first-order chi connectivity index (χ1) is 16.8. The van der Waals surface area contributed by atoms with Gasteiger partial charge in [0.2, 0.25) is 23.6 Å². The Labute approximate surface area is 204 Å². The van der Waals surface area contributed by atoms with E-state index in [1.54, 1.807) is 19.1 Å². The van der Waals surface area contributed by atoms with Gasteiger partial charge in [0.05, 0.1) is 6.54 Å². The molecule has 0 aliphatic heterocycles. The molecular formula is C25H34FN5O4. The Balaban J connectivity index is 1.53. The van der Waals surface area contributed by atoms with Gasteiger partial charge in [-0.3, -0.25) is 14.4 Å². The van der Waals surface area contributed by atoms with Crippen molar-refractivity contribution in [3.63, 3.8) is 0 Å². The number of rotatable bonds is 10. The van der Waals surface area contributed by atoms with Crippen LogP contribution < -0.4 is 10.6 Å². The van der Waals surface area contributed by atoms with Crippen molar-refractivity contribution in [2.45, 2.75) is 77.3 Å². The molecule has 0 saturated heterocycles. The van der Waals surface area contributed by atoms with Gasteiger partial charge in [0.25, 0.3) is 0 Å². The van der Waals surface area contributed by atoms with Crippen molar-refractivity contribution in [2.24, 2.45) is 0 Å². The number of hydrogen-bond acceptors (Lipinski definition) is 6. The summed E-state index contributed by atoms with van der Waals surface area (Å²) in [5.41, 5.74) is 0.138. The summed E-state index contributed by atoms with van der Waals surface area (Å²) in [6.45, 7) is 3.85. The number of likely N-dealkylation sites (N-methyl/N-ethyl adjacent to an activating group) is 1. The van der Waals surface area contributed by atoms with E-state index in [0.717, 1.165) is 44.1 Å². The van der Waals surface area contributed by atoms with Crippen LogP contribution in [0.4, 0.5) is 4.39 Å². The third-order valence-electron chi connectivity index (χ3n) is 6.29. The monoisotopic (exact) mass is 487 g/mol. The zero-order valence-corrected chi connectivity index (χ0v) is 20.4. The third kappa shape index (κ3) is 7.60. The lowest BCUT2D eigenvalue weighted by Crippen LogP contribution is -2.45. The van der Waals surface area contributed by atoms with Crippen LogP contribution in [0.2, 0.25) is 0 Å². The summed E-state index contributed by atoms with van der Waals surface area (Å²) in [4.78, 5) is 42.9. The fourth-order valence-corrected chi connectivity index (χ4v) is 4.40. The Bertz CT molecular complexity index is 1000. The second-order valence-electron chi connectivity index (χ2n) is 9.00. The van der Waals surface area contributed by atoms with E-state index < -0.39 is 5.54 Å². The van der Waals surface area contributed by atoms with Crippen LogP contribution in [0.5, 0.6) is 0 Å². The number of aromatic nitrogens is 2. The standard InChI is InChI=1S/C25H34FN5O4/c1-3-31(17-21(33)27-16-19-8-10-20(26)11-9-19)23(34)13-12-22-28-24(30-35-22)25(29-18(2)32)14-6-4-5-7-15-25/h8-11H,3-7,12-17H2,1-2H3,(H,27,33)(H,29,32). The minimum atomic E-state index is -0.633. The minimum absolute atomic E-state index is 0.0722. The average molecular weight is 488 g/mol. The molecule has 0 unspecified atom stereocenters. The predicted molar refractivity (Wildman–Crippen MR) is 126 cm³/mol. The van der Waals surface area contributed by atoms with Crippen LogP contribution in [0.15, 0.2) is 28.8 Å². The predicted octanol–water partition coefficient (Wildman–Crippen LogP) is 2.99. The molecule has 1 fully saturated rings. The summed E-state index contributed by atoms with van der Waals surface area (Å²) in [6.07, 6.45) is 6.01. The van der Waals surface area contributed by atoms with Gasteiger partial charge < -0.3 is 20.1 Å². The van der Waals surface area contributed by atoms with Crippen LogP contribution in [-0.2, 0) is 32.9 Å². The largest absolute Gasteiger partial charge is 0.350 e. The summed E-state index contributed by atoms with van der Waals surface area (Å²) in [6, 6.07) is 5.87. The van der Waals surface area contributed by atoms with E-state index in [2.05, 4.69) is 20.8 Å². The lowest BCUT2D eigenvalue weighted by Gasteiger charge is -2.30. The van der Waals surface area contributed by atoms with E-state index in [-0.39, 0.29) is 49.5 Å². The Hall–Kier alpha value is -3.30. The van der Waals surface area contributed by atoms with Gasteiger partial charge in [0.15, 0.2) is 5.82 Å². The Morgan fingerprint density at radius 1 is 1.11 bits per heavy atom. The van der Waals surface area contributed by atoms with E-state index in [0.29, 0.717) is 18.3 Å². The van der Waals surface area contributed by atoms with E-state index in [4.69, 9.17) is 4.52 Å². The van der Waals surface area contributed by atoms with Crippen molar-refractivity contribution in [2.75, 3.05) is 13.1 Å². The minimum Gasteiger partial charge on any atom is -0.350 e. The summed E-state index contributed by atoms with van der Waals surface area (Å²) in [5, 5.41) is 9.93. The van der Waals surface area contributed by atoms with Crippen molar-refractivity contribution in [3.8, 4) is 0 Å². The molecular weight excluding hydrogens is 453 g/mol. The quantitative estimate of drug-likeness (QED) is 0.498. The molecule has 1 aromatic carbocycles. The van der Waals surface area contributed by atoms with E-state index in [1.165, 1.54) is 24.0 Å². The zero-order valence-electron chi connectivity index (χ0n) is 20.4. The van der Waals surface area contributed by atoms with Gasteiger partial charge in [0.1, 0.15) is 11.4 Å². The van der Waals surface area contributed by atoms with Crippen molar-refractivity contribution < 1.29 is 23.3 Å². The van der Waals surface area contributed by atoms with Crippen LogP contribution in [0.1, 0.15) is 76.1 Å². The number of nitrogens with zero attached hydrogens (tertiary/aromatic N) is 3. The Morgan fingerprint density at radius 2 is 1.80 bits per heavy atom. The van der Waals surface area contributed by atoms with Crippen LogP contribution in [-0.4, -0.2) is 45.9 Å². The molecule has 0 radical (unpaired) electrons. The number of aryl methyl sites for hydroxylation is 1. The molecule has 2 N–H and O–H groups in total. The zero-order chi connectivity index (χ0) is 25.3. The van der Waals surface area contributed by atoms with Crippen molar-refractivity contribution in [1.29, 1.82) is 0 Å². The first-order valence-electron chi connectivity index (χ1n) is 12.2. The maximum absolute atomic E-state index is 13.0. The molecule has 1 aliphatic rings. The number of hydrogen-bond donors (Lipinski definition) is 2. The van der Waals surface area contributed by atoms with Gasteiger partial charge in [-0.1, -0.05) is 43.0 Å². The molecule has 0 spiro atoms. The fraction of sp³-hybridized carbons (Fsp3) is 0.560. The summed E-state index contributed by atoms with van der Waals surface area (Å²) < 4.78 is 18.4. The number of nitrogens with one attached hydrogen (secondary N) is 2. The maximum atomic E-state index is 13.0. The second-order valence-corrected chi connectivity index (χ2v) is 9.00. The smallest absolute Gasteiger partial charge is 0.239 e.